The first-order valence-corrected chi connectivity index (χ1v) is 9.61. The smallest absolute Gasteiger partial charge is 0.232 e. The van der Waals surface area contributed by atoms with Crippen LogP contribution in [0, 0.1) is 5.92 Å². The molecule has 0 aromatic heterocycles. The molecule has 0 unspecified atom stereocenters. The van der Waals surface area contributed by atoms with Gasteiger partial charge in [0.15, 0.2) is 0 Å². The van der Waals surface area contributed by atoms with E-state index in [0.29, 0.717) is 12.2 Å². The number of rotatable bonds is 7. The molecule has 1 aliphatic carbocycles. The molecule has 0 atom stereocenters. The summed E-state index contributed by atoms with van der Waals surface area (Å²) >= 11 is 0. The van der Waals surface area contributed by atoms with Crippen LogP contribution < -0.4 is 9.62 Å². The maximum absolute atomic E-state index is 12.0. The number of carbonyl (C=O) groups is 1. The maximum atomic E-state index is 12.0. The summed E-state index contributed by atoms with van der Waals surface area (Å²) < 4.78 is 25.3. The largest absolute Gasteiger partial charge is 0.354 e. The Morgan fingerprint density at radius 3 is 2.36 bits per heavy atom. The van der Waals surface area contributed by atoms with Crippen molar-refractivity contribution >= 4 is 21.6 Å². The molecule has 2 rings (SSSR count). The van der Waals surface area contributed by atoms with Crippen molar-refractivity contribution < 1.29 is 13.2 Å². The van der Waals surface area contributed by atoms with Crippen molar-refractivity contribution in [3.63, 3.8) is 0 Å². The molecule has 1 aliphatic rings. The number of aryl methyl sites for hydroxylation is 1. The molecule has 0 saturated heterocycles. The molecule has 122 valence electrons. The van der Waals surface area contributed by atoms with Gasteiger partial charge in [-0.05, 0) is 37.0 Å². The van der Waals surface area contributed by atoms with Crippen LogP contribution in [0.2, 0.25) is 0 Å². The predicted molar refractivity (Wildman–Crippen MR) is 88.4 cm³/mol. The average molecular weight is 324 g/mol. The van der Waals surface area contributed by atoms with Crippen LogP contribution in [0.15, 0.2) is 24.3 Å². The number of amides is 1. The highest BCUT2D eigenvalue weighted by molar-refractivity contribution is 7.92. The fraction of sp³-hybridized carbons (Fsp3) is 0.562. The average Bonchev–Trinajstić information content (AvgIpc) is 2.40. The third-order valence-electron chi connectivity index (χ3n) is 4.12. The quantitative estimate of drug-likeness (QED) is 0.833. The molecule has 0 bridgehead atoms. The Labute approximate surface area is 132 Å². The first-order chi connectivity index (χ1) is 10.4. The van der Waals surface area contributed by atoms with Gasteiger partial charge in [-0.25, -0.2) is 8.42 Å². The van der Waals surface area contributed by atoms with Gasteiger partial charge in [-0.2, -0.15) is 0 Å². The summed E-state index contributed by atoms with van der Waals surface area (Å²) in [7, 11) is -3.37. The van der Waals surface area contributed by atoms with E-state index in [-0.39, 0.29) is 18.4 Å². The van der Waals surface area contributed by atoms with E-state index in [1.54, 1.807) is 0 Å². The van der Waals surface area contributed by atoms with Crippen LogP contribution in [0.1, 0.15) is 31.7 Å². The van der Waals surface area contributed by atoms with Crippen molar-refractivity contribution in [1.82, 2.24) is 5.32 Å². The Balaban J connectivity index is 1.98. The first kappa shape index (κ1) is 16.8. The predicted octanol–water partition coefficient (Wildman–Crippen LogP) is 1.93. The fourth-order valence-electron chi connectivity index (χ4n) is 2.48. The fourth-order valence-corrected chi connectivity index (χ4v) is 3.41. The molecule has 0 aliphatic heterocycles. The number of nitrogens with one attached hydrogen (secondary N) is 1. The van der Waals surface area contributed by atoms with E-state index in [4.69, 9.17) is 0 Å². The molecule has 0 radical (unpaired) electrons. The van der Waals surface area contributed by atoms with Gasteiger partial charge in [-0.1, -0.05) is 25.5 Å². The van der Waals surface area contributed by atoms with E-state index >= 15 is 0 Å². The molecule has 0 spiro atoms. The second-order valence-corrected chi connectivity index (χ2v) is 7.68. The van der Waals surface area contributed by atoms with E-state index in [1.165, 1.54) is 10.6 Å². The van der Waals surface area contributed by atoms with Crippen molar-refractivity contribution in [3.8, 4) is 0 Å². The SMILES string of the molecule is CCc1ccc(N(CCNC(=O)C2CCC2)S(C)(=O)=O)cc1. The van der Waals surface area contributed by atoms with Crippen LogP contribution in [0.3, 0.4) is 0 Å². The van der Waals surface area contributed by atoms with E-state index in [9.17, 15) is 13.2 Å². The molecule has 22 heavy (non-hydrogen) atoms. The summed E-state index contributed by atoms with van der Waals surface area (Å²) in [6.07, 6.45) is 5.10. The number of hydrogen-bond acceptors (Lipinski definition) is 3. The van der Waals surface area contributed by atoms with Crippen LogP contribution in [0.4, 0.5) is 5.69 Å². The van der Waals surface area contributed by atoms with E-state index in [2.05, 4.69) is 12.2 Å². The zero-order valence-electron chi connectivity index (χ0n) is 13.2. The maximum Gasteiger partial charge on any atom is 0.232 e. The van der Waals surface area contributed by atoms with Crippen molar-refractivity contribution in [3.05, 3.63) is 29.8 Å². The van der Waals surface area contributed by atoms with Crippen LogP contribution >= 0.6 is 0 Å². The minimum absolute atomic E-state index is 0.0426. The second-order valence-electron chi connectivity index (χ2n) is 5.77. The Hall–Kier alpha value is -1.56. The third kappa shape index (κ3) is 4.22. The molecule has 1 fully saturated rings. The van der Waals surface area contributed by atoms with Crippen LogP contribution in [-0.2, 0) is 21.2 Å². The third-order valence-corrected chi connectivity index (χ3v) is 5.32. The van der Waals surface area contributed by atoms with Crippen molar-refractivity contribution in [2.45, 2.75) is 32.6 Å². The molecule has 6 heteroatoms. The number of benzene rings is 1. The Bertz CT molecular complexity index is 607. The molecule has 1 amide bonds. The van der Waals surface area contributed by atoms with Gasteiger partial charge in [0.1, 0.15) is 0 Å². The van der Waals surface area contributed by atoms with E-state index in [1.807, 2.05) is 24.3 Å². The number of carbonyl (C=O) groups excluding carboxylic acids is 1. The van der Waals surface area contributed by atoms with Crippen LogP contribution in [0.25, 0.3) is 0 Å². The van der Waals surface area contributed by atoms with Gasteiger partial charge >= 0.3 is 0 Å². The highest BCUT2D eigenvalue weighted by atomic mass is 32.2. The van der Waals surface area contributed by atoms with Crippen molar-refractivity contribution in [2.24, 2.45) is 5.92 Å². The minimum Gasteiger partial charge on any atom is -0.354 e. The second kappa shape index (κ2) is 7.13. The van der Waals surface area contributed by atoms with Crippen molar-refractivity contribution in [2.75, 3.05) is 23.7 Å². The van der Waals surface area contributed by atoms with Gasteiger partial charge in [0, 0.05) is 12.5 Å². The van der Waals surface area contributed by atoms with Gasteiger partial charge < -0.3 is 5.32 Å². The molecule has 1 aromatic carbocycles. The Morgan fingerprint density at radius 2 is 1.91 bits per heavy atom. The van der Waals surface area contributed by atoms with Crippen LogP contribution in [-0.4, -0.2) is 33.7 Å². The topological polar surface area (TPSA) is 66.5 Å². The van der Waals surface area contributed by atoms with Gasteiger partial charge in [0.25, 0.3) is 0 Å². The Kier molecular flexibility index (Phi) is 5.45. The Morgan fingerprint density at radius 1 is 1.27 bits per heavy atom. The first-order valence-electron chi connectivity index (χ1n) is 7.76. The van der Waals surface area contributed by atoms with Crippen LogP contribution in [0.5, 0.6) is 0 Å². The van der Waals surface area contributed by atoms with Gasteiger partial charge in [-0.15, -0.1) is 0 Å². The van der Waals surface area contributed by atoms with Gasteiger partial charge in [0.2, 0.25) is 15.9 Å². The molecule has 0 heterocycles. The number of nitrogens with zero attached hydrogens (tertiary/aromatic N) is 1. The standard InChI is InChI=1S/C16H24N2O3S/c1-3-13-7-9-15(10-8-13)18(22(2,20)21)12-11-17-16(19)14-5-4-6-14/h7-10,14H,3-6,11-12H2,1-2H3,(H,17,19). The lowest BCUT2D eigenvalue weighted by atomic mass is 9.85. The molecule has 1 N–H and O–H groups in total. The minimum atomic E-state index is -3.37. The summed E-state index contributed by atoms with van der Waals surface area (Å²) in [5, 5.41) is 2.83. The molecular weight excluding hydrogens is 300 g/mol. The lowest BCUT2D eigenvalue weighted by Crippen LogP contribution is -2.41. The lowest BCUT2D eigenvalue weighted by molar-refractivity contribution is -0.127. The molecule has 1 saturated carbocycles. The zero-order chi connectivity index (χ0) is 16.2. The number of sulfonamides is 1. The summed E-state index contributed by atoms with van der Waals surface area (Å²) in [5.41, 5.74) is 1.80. The van der Waals surface area contributed by atoms with Gasteiger partial charge in [0.05, 0.1) is 18.5 Å². The summed E-state index contributed by atoms with van der Waals surface area (Å²) in [6.45, 7) is 2.64. The number of anilines is 1. The molecular formula is C16H24N2O3S. The summed E-state index contributed by atoms with van der Waals surface area (Å²) in [6, 6.07) is 7.49. The zero-order valence-corrected chi connectivity index (χ0v) is 14.0. The molecule has 5 nitrogen and oxygen atoms in total. The number of hydrogen-bond donors (Lipinski definition) is 1. The normalized spacial score (nSPS) is 15.2. The highest BCUT2D eigenvalue weighted by Gasteiger charge is 2.25. The summed E-state index contributed by atoms with van der Waals surface area (Å²) in [5.74, 6) is 0.163. The van der Waals surface area contributed by atoms with E-state index in [0.717, 1.165) is 31.2 Å². The monoisotopic (exact) mass is 324 g/mol. The lowest BCUT2D eigenvalue weighted by Gasteiger charge is -2.26. The van der Waals surface area contributed by atoms with E-state index < -0.39 is 10.0 Å². The van der Waals surface area contributed by atoms with Gasteiger partial charge in [-0.3, -0.25) is 9.10 Å². The van der Waals surface area contributed by atoms with Crippen molar-refractivity contribution in [1.29, 1.82) is 0 Å². The summed E-state index contributed by atoms with van der Waals surface area (Å²) in [4.78, 5) is 11.8. The molecule has 1 aromatic rings. The highest BCUT2D eigenvalue weighted by Crippen LogP contribution is 2.26.